The Bertz CT molecular complexity index is 1540. The Balaban J connectivity index is 1.63. The van der Waals surface area contributed by atoms with Gasteiger partial charge in [0.05, 0.1) is 51.2 Å². The first-order valence-electron chi connectivity index (χ1n) is 15.2. The van der Waals surface area contributed by atoms with Crippen LogP contribution in [0.15, 0.2) is 59.6 Å². The fraction of sp³-hybridized carbons (Fsp3) is 0.400. The number of nitrogens with zero attached hydrogens (tertiary/aromatic N) is 1. The third-order valence-corrected chi connectivity index (χ3v) is 9.38. The Morgan fingerprint density at radius 1 is 0.979 bits per heavy atom. The van der Waals surface area contributed by atoms with Crippen molar-refractivity contribution in [1.29, 1.82) is 0 Å². The minimum absolute atomic E-state index is 0.0493. The summed E-state index contributed by atoms with van der Waals surface area (Å²) in [5, 5.41) is 11.8. The van der Waals surface area contributed by atoms with Crippen molar-refractivity contribution in [3.63, 3.8) is 0 Å². The van der Waals surface area contributed by atoms with Gasteiger partial charge in [-0.25, -0.2) is 0 Å². The van der Waals surface area contributed by atoms with Crippen LogP contribution in [-0.4, -0.2) is 56.7 Å². The van der Waals surface area contributed by atoms with Crippen LogP contribution >= 0.6 is 35.0 Å². The van der Waals surface area contributed by atoms with E-state index in [9.17, 15) is 10.0 Å². The zero-order valence-electron chi connectivity index (χ0n) is 27.4. The lowest BCUT2D eigenvalue weighted by molar-refractivity contribution is -0.154. The number of hydrogen-bond acceptors (Lipinski definition) is 9. The van der Waals surface area contributed by atoms with E-state index in [2.05, 4.69) is 6.07 Å². The third kappa shape index (κ3) is 9.21. The highest BCUT2D eigenvalue weighted by atomic mass is 35.5. The van der Waals surface area contributed by atoms with Crippen LogP contribution in [-0.2, 0) is 16.0 Å². The van der Waals surface area contributed by atoms with Crippen molar-refractivity contribution < 1.29 is 38.4 Å². The SMILES string of the molecule is CCCC(=O)N(O)/C=C/Cc1cc(C2COC(c3cc(OC)c(OC)c(OC)c3)C2)cc(OC)c1OC(C)Sc1ccc(Cl)c(Cl)c1. The Labute approximate surface area is 290 Å². The monoisotopic (exact) mass is 705 g/mol. The lowest BCUT2D eigenvalue weighted by atomic mass is 9.91. The summed E-state index contributed by atoms with van der Waals surface area (Å²) < 4.78 is 35.2. The lowest BCUT2D eigenvalue weighted by Crippen LogP contribution is -2.20. The van der Waals surface area contributed by atoms with Gasteiger partial charge in [-0.1, -0.05) is 54.0 Å². The van der Waals surface area contributed by atoms with Gasteiger partial charge in [0.15, 0.2) is 23.0 Å². The highest BCUT2D eigenvalue weighted by molar-refractivity contribution is 7.99. The molecule has 47 heavy (non-hydrogen) atoms. The van der Waals surface area contributed by atoms with Gasteiger partial charge in [-0.3, -0.25) is 10.0 Å². The summed E-state index contributed by atoms with van der Waals surface area (Å²) in [4.78, 5) is 13.0. The van der Waals surface area contributed by atoms with Gasteiger partial charge >= 0.3 is 0 Å². The molecule has 1 saturated heterocycles. The van der Waals surface area contributed by atoms with Gasteiger partial charge in [-0.05, 0) is 73.7 Å². The average molecular weight is 707 g/mol. The van der Waals surface area contributed by atoms with Crippen molar-refractivity contribution in [1.82, 2.24) is 5.06 Å². The summed E-state index contributed by atoms with van der Waals surface area (Å²) in [6.07, 6.45) is 4.84. The summed E-state index contributed by atoms with van der Waals surface area (Å²) in [6, 6.07) is 13.3. The molecule has 0 spiro atoms. The summed E-state index contributed by atoms with van der Waals surface area (Å²) in [5.41, 5.74) is 2.43. The first-order valence-corrected chi connectivity index (χ1v) is 16.8. The molecule has 1 aliphatic heterocycles. The molecule has 254 valence electrons. The molecule has 0 radical (unpaired) electrons. The van der Waals surface area contributed by atoms with Crippen LogP contribution in [0.5, 0.6) is 28.7 Å². The predicted molar refractivity (Wildman–Crippen MR) is 184 cm³/mol. The van der Waals surface area contributed by atoms with Crippen LogP contribution < -0.4 is 23.7 Å². The number of hydroxylamine groups is 2. The molecule has 1 heterocycles. The number of carbonyl (C=O) groups excluding carboxylic acids is 1. The number of rotatable bonds is 15. The number of hydrogen-bond donors (Lipinski definition) is 1. The maximum absolute atomic E-state index is 12.1. The van der Waals surface area contributed by atoms with Crippen LogP contribution in [0, 0.1) is 0 Å². The summed E-state index contributed by atoms with van der Waals surface area (Å²) >= 11 is 13.8. The van der Waals surface area contributed by atoms with E-state index in [-0.39, 0.29) is 29.8 Å². The number of allylic oxidation sites excluding steroid dienone is 1. The van der Waals surface area contributed by atoms with Crippen LogP contribution in [0.1, 0.15) is 61.8 Å². The van der Waals surface area contributed by atoms with Gasteiger partial charge in [0.25, 0.3) is 0 Å². The number of halogens is 2. The maximum Gasteiger partial charge on any atom is 0.250 e. The molecule has 12 heteroatoms. The van der Waals surface area contributed by atoms with E-state index in [1.165, 1.54) is 18.0 Å². The quantitative estimate of drug-likeness (QED) is 0.0720. The minimum atomic E-state index is -0.376. The zero-order chi connectivity index (χ0) is 34.1. The van der Waals surface area contributed by atoms with Crippen molar-refractivity contribution in [3.8, 4) is 28.7 Å². The Morgan fingerprint density at radius 3 is 2.26 bits per heavy atom. The second-order valence-corrected chi connectivity index (χ2v) is 13.1. The molecule has 9 nitrogen and oxygen atoms in total. The van der Waals surface area contributed by atoms with Crippen molar-refractivity contribution in [2.45, 2.75) is 61.9 Å². The number of ether oxygens (including phenoxy) is 6. The van der Waals surface area contributed by atoms with Crippen LogP contribution in [0.4, 0.5) is 0 Å². The fourth-order valence-electron chi connectivity index (χ4n) is 5.36. The summed E-state index contributed by atoms with van der Waals surface area (Å²) in [6.45, 7) is 4.30. The molecule has 1 fully saturated rings. The second kappa shape index (κ2) is 17.2. The zero-order valence-corrected chi connectivity index (χ0v) is 29.7. The molecule has 0 aliphatic carbocycles. The lowest BCUT2D eigenvalue weighted by Gasteiger charge is -2.22. The van der Waals surface area contributed by atoms with Crippen LogP contribution in [0.3, 0.4) is 0 Å². The van der Waals surface area contributed by atoms with Gasteiger partial charge in [0.2, 0.25) is 11.7 Å². The minimum Gasteiger partial charge on any atom is -0.493 e. The molecule has 0 bridgehead atoms. The van der Waals surface area contributed by atoms with Crippen molar-refractivity contribution in [3.05, 3.63) is 81.5 Å². The number of amides is 1. The molecule has 4 rings (SSSR count). The average Bonchev–Trinajstić information content (AvgIpc) is 3.56. The first-order chi connectivity index (χ1) is 22.6. The van der Waals surface area contributed by atoms with E-state index in [0.29, 0.717) is 69.7 Å². The summed E-state index contributed by atoms with van der Waals surface area (Å²) in [5.74, 6) is 2.45. The molecule has 3 aromatic carbocycles. The Morgan fingerprint density at radius 2 is 1.64 bits per heavy atom. The van der Waals surface area contributed by atoms with Crippen LogP contribution in [0.2, 0.25) is 10.0 Å². The molecular formula is C35H41Cl2NO8S. The standard InChI is InChI=1S/C35H41Cl2NO8S/c1-7-9-33(39)38(40)13-8-10-22-14-23(15-30(41-3)34(22)46-21(2)47-26-11-12-27(36)28(37)19-26)25-18-29(45-20-25)24-16-31(42-4)35(44-6)32(17-24)43-5/h8,11-17,19,21,25,29,40H,7,9-10,18,20H2,1-6H3/b13-8+. The Hall–Kier alpha value is -3.28. The van der Waals surface area contributed by atoms with Crippen molar-refractivity contribution in [2.24, 2.45) is 0 Å². The molecule has 3 aromatic rings. The molecule has 0 aromatic heterocycles. The molecule has 3 unspecified atom stereocenters. The number of thioether (sulfide) groups is 1. The van der Waals surface area contributed by atoms with Gasteiger partial charge in [0, 0.05) is 29.0 Å². The van der Waals surface area contributed by atoms with E-state index < -0.39 is 0 Å². The van der Waals surface area contributed by atoms with Gasteiger partial charge in [-0.15, -0.1) is 0 Å². The number of carbonyl (C=O) groups is 1. The smallest absolute Gasteiger partial charge is 0.250 e. The number of benzene rings is 3. The molecule has 1 N–H and O–H groups in total. The van der Waals surface area contributed by atoms with Crippen molar-refractivity contribution in [2.75, 3.05) is 35.0 Å². The topological polar surface area (TPSA) is 95.9 Å². The largest absolute Gasteiger partial charge is 0.493 e. The van der Waals surface area contributed by atoms with E-state index >= 15 is 0 Å². The van der Waals surface area contributed by atoms with Gasteiger partial charge < -0.3 is 28.4 Å². The van der Waals surface area contributed by atoms with Gasteiger partial charge in [0.1, 0.15) is 5.44 Å². The highest BCUT2D eigenvalue weighted by Gasteiger charge is 2.31. The Kier molecular flexibility index (Phi) is 13.4. The van der Waals surface area contributed by atoms with Crippen LogP contribution in [0.25, 0.3) is 0 Å². The molecule has 3 atom stereocenters. The van der Waals surface area contributed by atoms with Gasteiger partial charge in [-0.2, -0.15) is 5.06 Å². The fourth-order valence-corrected chi connectivity index (χ4v) is 6.58. The first kappa shape index (κ1) is 36.6. The predicted octanol–water partition coefficient (Wildman–Crippen LogP) is 8.86. The maximum atomic E-state index is 12.1. The molecule has 0 saturated carbocycles. The van der Waals surface area contributed by atoms with E-state index in [1.54, 1.807) is 46.6 Å². The third-order valence-electron chi connectivity index (χ3n) is 7.68. The van der Waals surface area contributed by atoms with E-state index in [4.69, 9.17) is 51.6 Å². The summed E-state index contributed by atoms with van der Waals surface area (Å²) in [7, 11) is 6.35. The highest BCUT2D eigenvalue weighted by Crippen LogP contribution is 2.46. The molecule has 1 aliphatic rings. The second-order valence-electron chi connectivity index (χ2n) is 10.9. The van der Waals surface area contributed by atoms with E-state index in [1.807, 2.05) is 38.1 Å². The number of methoxy groups -OCH3 is 4. The normalized spacial score (nSPS) is 16.6. The van der Waals surface area contributed by atoms with Crippen molar-refractivity contribution >= 4 is 40.9 Å². The molecular weight excluding hydrogens is 665 g/mol. The van der Waals surface area contributed by atoms with E-state index in [0.717, 1.165) is 21.6 Å². The molecule has 1 amide bonds.